The van der Waals surface area contributed by atoms with Gasteiger partial charge >= 0.3 is 0 Å². The van der Waals surface area contributed by atoms with Crippen LogP contribution in [0.25, 0.3) is 0 Å². The van der Waals surface area contributed by atoms with Crippen LogP contribution in [0.1, 0.15) is 22.8 Å². The van der Waals surface area contributed by atoms with Gasteiger partial charge in [-0.1, -0.05) is 36.2 Å². The fraction of sp³-hybridized carbons (Fsp3) is 0.350. The van der Waals surface area contributed by atoms with Gasteiger partial charge in [0.15, 0.2) is 0 Å². The summed E-state index contributed by atoms with van der Waals surface area (Å²) in [5, 5.41) is 0.0759. The Morgan fingerprint density at radius 1 is 1.07 bits per heavy atom. The summed E-state index contributed by atoms with van der Waals surface area (Å²) >= 11 is 6.15. The molecule has 1 aliphatic heterocycles. The van der Waals surface area contributed by atoms with Crippen molar-refractivity contribution in [2.24, 2.45) is 0 Å². The van der Waals surface area contributed by atoms with E-state index < -0.39 is 10.0 Å². The molecule has 0 bridgehead atoms. The number of amides is 1. The molecule has 0 aromatic heterocycles. The van der Waals surface area contributed by atoms with Gasteiger partial charge in [0.1, 0.15) is 4.90 Å². The smallest absolute Gasteiger partial charge is 0.263 e. The number of halogens is 1. The fourth-order valence-electron chi connectivity index (χ4n) is 3.12. The molecule has 6 nitrogen and oxygen atoms in total. The number of hydrogen-bond donors (Lipinski definition) is 1. The molecule has 1 saturated heterocycles. The number of sulfonamides is 1. The van der Waals surface area contributed by atoms with Gasteiger partial charge in [-0.15, -0.1) is 0 Å². The Morgan fingerprint density at radius 2 is 1.71 bits per heavy atom. The first-order valence-electron chi connectivity index (χ1n) is 9.21. The van der Waals surface area contributed by atoms with Crippen LogP contribution in [0.5, 0.6) is 0 Å². The number of nitrogens with one attached hydrogen (secondary N) is 1. The van der Waals surface area contributed by atoms with E-state index in [1.54, 1.807) is 23.1 Å². The molecule has 2 aromatic carbocycles. The predicted molar refractivity (Wildman–Crippen MR) is 111 cm³/mol. The zero-order valence-corrected chi connectivity index (χ0v) is 17.6. The van der Waals surface area contributed by atoms with Crippen molar-refractivity contribution in [1.82, 2.24) is 9.80 Å². The summed E-state index contributed by atoms with van der Waals surface area (Å²) in [4.78, 5) is 16.7. The molecule has 0 spiro atoms. The van der Waals surface area contributed by atoms with E-state index in [4.69, 9.17) is 11.6 Å². The summed E-state index contributed by atoms with van der Waals surface area (Å²) in [5.74, 6) is -0.181. The van der Waals surface area contributed by atoms with Gasteiger partial charge in [-0.2, -0.15) is 0 Å². The Hall–Kier alpha value is -2.09. The summed E-state index contributed by atoms with van der Waals surface area (Å²) in [5.41, 5.74) is 1.78. The Balaban J connectivity index is 1.82. The maximum absolute atomic E-state index is 12.8. The van der Waals surface area contributed by atoms with E-state index in [-0.39, 0.29) is 15.8 Å². The van der Waals surface area contributed by atoms with Crippen LogP contribution in [0.15, 0.2) is 47.4 Å². The van der Waals surface area contributed by atoms with Crippen LogP contribution in [0, 0.1) is 6.92 Å². The van der Waals surface area contributed by atoms with Gasteiger partial charge in [0.2, 0.25) is 0 Å². The van der Waals surface area contributed by atoms with Crippen molar-refractivity contribution in [2.75, 3.05) is 37.4 Å². The Labute approximate surface area is 171 Å². The number of hydrogen-bond acceptors (Lipinski definition) is 4. The molecule has 0 radical (unpaired) electrons. The highest BCUT2D eigenvalue weighted by Gasteiger charge is 2.24. The molecule has 0 aliphatic carbocycles. The lowest BCUT2D eigenvalue weighted by Crippen LogP contribution is -2.48. The third-order valence-corrected chi connectivity index (χ3v) is 6.74. The van der Waals surface area contributed by atoms with Crippen molar-refractivity contribution in [3.05, 3.63) is 58.6 Å². The van der Waals surface area contributed by atoms with Crippen molar-refractivity contribution in [3.63, 3.8) is 0 Å². The first-order valence-corrected chi connectivity index (χ1v) is 11.1. The maximum atomic E-state index is 12.8. The number of carbonyl (C=O) groups is 1. The minimum atomic E-state index is -3.92. The van der Waals surface area contributed by atoms with Gasteiger partial charge in [0.05, 0.1) is 5.02 Å². The standard InChI is InChI=1S/C20H24ClN3O3S/c1-3-23-10-12-24(13-11-23)20(25)16-6-9-18(21)19(14-16)28(26,27)22-17-7-4-15(2)5-8-17/h4-9,14,22H,3,10-13H2,1-2H3. The van der Waals surface area contributed by atoms with E-state index in [9.17, 15) is 13.2 Å². The fourth-order valence-corrected chi connectivity index (χ4v) is 4.71. The van der Waals surface area contributed by atoms with E-state index in [2.05, 4.69) is 16.5 Å². The van der Waals surface area contributed by atoms with Gasteiger partial charge < -0.3 is 9.80 Å². The third kappa shape index (κ3) is 4.66. The summed E-state index contributed by atoms with van der Waals surface area (Å²) in [6.45, 7) is 7.85. The Bertz CT molecular complexity index is 953. The average Bonchev–Trinajstić information content (AvgIpc) is 2.69. The molecule has 3 rings (SSSR count). The second kappa shape index (κ2) is 8.51. The number of likely N-dealkylation sites (N-methyl/N-ethyl adjacent to an activating group) is 1. The minimum absolute atomic E-state index is 0.0759. The second-order valence-corrected chi connectivity index (χ2v) is 8.90. The number of piperazine rings is 1. The molecule has 0 saturated carbocycles. The zero-order chi connectivity index (χ0) is 20.3. The molecular formula is C20H24ClN3O3S. The summed E-state index contributed by atoms with van der Waals surface area (Å²) in [6, 6.07) is 11.4. The number of nitrogens with zero attached hydrogens (tertiary/aromatic N) is 2. The molecule has 28 heavy (non-hydrogen) atoms. The molecular weight excluding hydrogens is 398 g/mol. The van der Waals surface area contributed by atoms with Crippen molar-refractivity contribution < 1.29 is 13.2 Å². The highest BCUT2D eigenvalue weighted by atomic mass is 35.5. The van der Waals surface area contributed by atoms with Crippen LogP contribution in [0.2, 0.25) is 5.02 Å². The van der Waals surface area contributed by atoms with E-state index >= 15 is 0 Å². The Morgan fingerprint density at radius 3 is 2.32 bits per heavy atom. The molecule has 150 valence electrons. The van der Waals surface area contributed by atoms with Gasteiger partial charge in [-0.3, -0.25) is 9.52 Å². The first-order chi connectivity index (χ1) is 13.3. The van der Waals surface area contributed by atoms with Crippen molar-refractivity contribution in [1.29, 1.82) is 0 Å². The quantitative estimate of drug-likeness (QED) is 0.804. The van der Waals surface area contributed by atoms with Crippen LogP contribution in [0.4, 0.5) is 5.69 Å². The highest BCUT2D eigenvalue weighted by molar-refractivity contribution is 7.92. The number of anilines is 1. The van der Waals surface area contributed by atoms with Crippen LogP contribution in [-0.4, -0.2) is 56.8 Å². The van der Waals surface area contributed by atoms with Crippen LogP contribution < -0.4 is 4.72 Å². The second-order valence-electron chi connectivity index (χ2n) is 6.84. The van der Waals surface area contributed by atoms with Gasteiger partial charge in [0, 0.05) is 37.4 Å². The lowest BCUT2D eigenvalue weighted by atomic mass is 10.2. The molecule has 2 aromatic rings. The molecule has 1 aliphatic rings. The molecule has 1 amide bonds. The third-order valence-electron chi connectivity index (χ3n) is 4.88. The number of rotatable bonds is 5. The van der Waals surface area contributed by atoms with Gasteiger partial charge in [-0.05, 0) is 43.8 Å². The number of carbonyl (C=O) groups excluding carboxylic acids is 1. The monoisotopic (exact) mass is 421 g/mol. The van der Waals surface area contributed by atoms with E-state index in [0.717, 1.165) is 25.2 Å². The molecule has 1 fully saturated rings. The molecule has 0 unspecified atom stereocenters. The largest absolute Gasteiger partial charge is 0.336 e. The van der Waals surface area contributed by atoms with E-state index in [1.165, 1.54) is 12.1 Å². The van der Waals surface area contributed by atoms with E-state index in [0.29, 0.717) is 24.3 Å². The Kier molecular flexibility index (Phi) is 6.27. The van der Waals surface area contributed by atoms with Gasteiger partial charge in [0.25, 0.3) is 15.9 Å². The summed E-state index contributed by atoms with van der Waals surface area (Å²) < 4.78 is 28.1. The predicted octanol–water partition coefficient (Wildman–Crippen LogP) is 3.23. The lowest BCUT2D eigenvalue weighted by molar-refractivity contribution is 0.0643. The number of benzene rings is 2. The van der Waals surface area contributed by atoms with Crippen molar-refractivity contribution in [3.8, 4) is 0 Å². The normalized spacial score (nSPS) is 15.5. The molecule has 0 atom stereocenters. The van der Waals surface area contributed by atoms with Gasteiger partial charge in [-0.25, -0.2) is 8.42 Å². The van der Waals surface area contributed by atoms with Crippen LogP contribution in [-0.2, 0) is 10.0 Å². The molecule has 1 N–H and O–H groups in total. The lowest BCUT2D eigenvalue weighted by Gasteiger charge is -2.34. The maximum Gasteiger partial charge on any atom is 0.263 e. The molecule has 1 heterocycles. The summed E-state index contributed by atoms with van der Waals surface area (Å²) in [7, 11) is -3.92. The zero-order valence-electron chi connectivity index (χ0n) is 16.0. The van der Waals surface area contributed by atoms with Crippen LogP contribution in [0.3, 0.4) is 0 Å². The molecule has 8 heteroatoms. The first kappa shape index (κ1) is 20.6. The highest BCUT2D eigenvalue weighted by Crippen LogP contribution is 2.26. The SMILES string of the molecule is CCN1CCN(C(=O)c2ccc(Cl)c(S(=O)(=O)Nc3ccc(C)cc3)c2)CC1. The average molecular weight is 422 g/mol. The number of aryl methyl sites for hydroxylation is 1. The van der Waals surface area contributed by atoms with Crippen molar-refractivity contribution >= 4 is 33.2 Å². The van der Waals surface area contributed by atoms with Crippen LogP contribution >= 0.6 is 11.6 Å². The topological polar surface area (TPSA) is 69.7 Å². The van der Waals surface area contributed by atoms with E-state index in [1.807, 2.05) is 19.1 Å². The van der Waals surface area contributed by atoms with Crippen molar-refractivity contribution in [2.45, 2.75) is 18.7 Å². The summed E-state index contributed by atoms with van der Waals surface area (Å²) in [6.07, 6.45) is 0. The minimum Gasteiger partial charge on any atom is -0.336 e.